The van der Waals surface area contributed by atoms with Crippen LogP contribution in [0.5, 0.6) is 0 Å². The highest BCUT2D eigenvalue weighted by atomic mass is 19.1. The van der Waals surface area contributed by atoms with E-state index in [2.05, 4.69) is 11.8 Å². The molecule has 0 heterocycles. The van der Waals surface area contributed by atoms with Crippen molar-refractivity contribution in [3.63, 3.8) is 0 Å². The highest BCUT2D eigenvalue weighted by molar-refractivity contribution is 5.52. The Morgan fingerprint density at radius 3 is 2.86 bits per heavy atom. The van der Waals surface area contributed by atoms with E-state index in [1.807, 2.05) is 6.07 Å². The van der Waals surface area contributed by atoms with Crippen molar-refractivity contribution in [1.29, 1.82) is 5.26 Å². The van der Waals surface area contributed by atoms with Crippen LogP contribution in [-0.4, -0.2) is 0 Å². The smallest absolute Gasteiger partial charge is 0.140 e. The fraction of sp³-hybridized carbons (Fsp3) is 0.182. The molecule has 14 heavy (non-hydrogen) atoms. The normalized spacial score (nSPS) is 8.64. The van der Waals surface area contributed by atoms with Gasteiger partial charge in [0.05, 0.1) is 18.1 Å². The molecule has 70 valence electrons. The molecule has 0 fully saturated rings. The molecule has 3 heteroatoms. The van der Waals surface area contributed by atoms with Gasteiger partial charge in [0.2, 0.25) is 0 Å². The lowest BCUT2D eigenvalue weighted by atomic mass is 10.1. The minimum atomic E-state index is -0.446. The van der Waals surface area contributed by atoms with Gasteiger partial charge in [-0.3, -0.25) is 0 Å². The number of anilines is 1. The molecule has 0 aliphatic heterocycles. The number of aryl methyl sites for hydroxylation is 1. The number of hydrogen-bond acceptors (Lipinski definition) is 2. The van der Waals surface area contributed by atoms with Crippen molar-refractivity contribution in [2.45, 2.75) is 13.3 Å². The summed E-state index contributed by atoms with van der Waals surface area (Å²) in [4.78, 5) is 0. The molecule has 0 radical (unpaired) electrons. The highest BCUT2D eigenvalue weighted by Crippen LogP contribution is 2.16. The molecule has 0 saturated carbocycles. The van der Waals surface area contributed by atoms with E-state index in [1.165, 1.54) is 6.07 Å². The van der Waals surface area contributed by atoms with Crippen LogP contribution in [-0.2, 0) is 0 Å². The lowest BCUT2D eigenvalue weighted by Gasteiger charge is -2.01. The van der Waals surface area contributed by atoms with Crippen molar-refractivity contribution in [3.05, 3.63) is 29.1 Å². The second-order valence-electron chi connectivity index (χ2n) is 2.83. The molecule has 0 amide bonds. The van der Waals surface area contributed by atoms with E-state index in [0.29, 0.717) is 5.69 Å². The molecule has 0 bridgehead atoms. The third-order valence-corrected chi connectivity index (χ3v) is 1.75. The van der Waals surface area contributed by atoms with Crippen LogP contribution in [0, 0.1) is 35.9 Å². The first-order valence-electron chi connectivity index (χ1n) is 4.06. The van der Waals surface area contributed by atoms with Gasteiger partial charge in [-0.25, -0.2) is 4.39 Å². The minimum absolute atomic E-state index is 0.100. The van der Waals surface area contributed by atoms with Gasteiger partial charge >= 0.3 is 0 Å². The van der Waals surface area contributed by atoms with E-state index in [0.717, 1.165) is 5.56 Å². The first-order valence-corrected chi connectivity index (χ1v) is 4.06. The standard InChI is InChI=1S/C11H9FN2/c1-8-6-9(4-2-3-5-13)10(12)7-11(8)14/h6-7H,3,14H2,1H3. The molecule has 1 aromatic carbocycles. The molecule has 0 atom stereocenters. The predicted octanol–water partition coefficient (Wildman–Crippen LogP) is 1.98. The van der Waals surface area contributed by atoms with Crippen molar-refractivity contribution >= 4 is 5.69 Å². The quantitative estimate of drug-likeness (QED) is 0.500. The molecule has 0 aliphatic carbocycles. The number of nitrogen functional groups attached to an aromatic ring is 1. The average molecular weight is 188 g/mol. The number of nitrogens with zero attached hydrogens (tertiary/aromatic N) is 1. The number of nitrogens with two attached hydrogens (primary N) is 1. The summed E-state index contributed by atoms with van der Waals surface area (Å²) in [5.41, 5.74) is 6.98. The largest absolute Gasteiger partial charge is 0.398 e. The number of benzene rings is 1. The van der Waals surface area contributed by atoms with E-state index >= 15 is 0 Å². The van der Waals surface area contributed by atoms with E-state index < -0.39 is 5.82 Å². The van der Waals surface area contributed by atoms with Gasteiger partial charge in [-0.1, -0.05) is 11.8 Å². The third kappa shape index (κ3) is 2.24. The van der Waals surface area contributed by atoms with Crippen molar-refractivity contribution in [2.24, 2.45) is 0 Å². The fourth-order valence-electron chi connectivity index (χ4n) is 0.972. The monoisotopic (exact) mass is 188 g/mol. The predicted molar refractivity (Wildman–Crippen MR) is 52.7 cm³/mol. The van der Waals surface area contributed by atoms with Crippen LogP contribution in [0.3, 0.4) is 0 Å². The van der Waals surface area contributed by atoms with Gasteiger partial charge < -0.3 is 5.73 Å². The Balaban J connectivity index is 3.07. The van der Waals surface area contributed by atoms with Gasteiger partial charge in [0, 0.05) is 5.69 Å². The summed E-state index contributed by atoms with van der Waals surface area (Å²) < 4.78 is 13.2. The van der Waals surface area contributed by atoms with Crippen molar-refractivity contribution in [2.75, 3.05) is 5.73 Å². The highest BCUT2D eigenvalue weighted by Gasteiger charge is 2.02. The second-order valence-corrected chi connectivity index (χ2v) is 2.83. The van der Waals surface area contributed by atoms with Gasteiger partial charge in [-0.15, -0.1) is 0 Å². The Hall–Kier alpha value is -2.00. The third-order valence-electron chi connectivity index (χ3n) is 1.75. The maximum Gasteiger partial charge on any atom is 0.140 e. The molecule has 1 rings (SSSR count). The second kappa shape index (κ2) is 4.30. The van der Waals surface area contributed by atoms with Crippen LogP contribution in [0.4, 0.5) is 10.1 Å². The molecule has 2 N–H and O–H groups in total. The summed E-state index contributed by atoms with van der Waals surface area (Å²) in [6.07, 6.45) is 0.100. The van der Waals surface area contributed by atoms with E-state index in [9.17, 15) is 4.39 Å². The van der Waals surface area contributed by atoms with Gasteiger partial charge in [-0.05, 0) is 24.6 Å². The Kier molecular flexibility index (Phi) is 3.09. The summed E-state index contributed by atoms with van der Waals surface area (Å²) in [5, 5.41) is 8.25. The molecular weight excluding hydrogens is 179 g/mol. The Morgan fingerprint density at radius 1 is 1.50 bits per heavy atom. The lowest BCUT2D eigenvalue weighted by molar-refractivity contribution is 0.624. The Bertz CT molecular complexity index is 447. The summed E-state index contributed by atoms with van der Waals surface area (Å²) in [5.74, 6) is 4.68. The Labute approximate surface area is 82.2 Å². The topological polar surface area (TPSA) is 49.8 Å². The first-order chi connectivity index (χ1) is 6.65. The number of hydrogen-bond donors (Lipinski definition) is 1. The Morgan fingerprint density at radius 2 is 2.21 bits per heavy atom. The zero-order valence-electron chi connectivity index (χ0n) is 7.76. The molecule has 2 nitrogen and oxygen atoms in total. The molecule has 0 spiro atoms. The number of rotatable bonds is 0. The summed E-state index contributed by atoms with van der Waals surface area (Å²) in [6, 6.07) is 4.68. The van der Waals surface area contributed by atoms with Gasteiger partial charge in [0.15, 0.2) is 0 Å². The van der Waals surface area contributed by atoms with Crippen molar-refractivity contribution < 1.29 is 4.39 Å². The van der Waals surface area contributed by atoms with Gasteiger partial charge in [0.25, 0.3) is 0 Å². The fourth-order valence-corrected chi connectivity index (χ4v) is 0.972. The van der Waals surface area contributed by atoms with Crippen LogP contribution >= 0.6 is 0 Å². The average Bonchev–Trinajstić information content (AvgIpc) is 2.14. The van der Waals surface area contributed by atoms with Crippen molar-refractivity contribution in [1.82, 2.24) is 0 Å². The summed E-state index contributed by atoms with van der Waals surface area (Å²) in [7, 11) is 0. The summed E-state index contributed by atoms with van der Waals surface area (Å²) >= 11 is 0. The van der Waals surface area contributed by atoms with Gasteiger partial charge in [0.1, 0.15) is 5.82 Å². The molecule has 0 saturated heterocycles. The number of nitriles is 1. The number of halogens is 1. The van der Waals surface area contributed by atoms with Crippen molar-refractivity contribution in [3.8, 4) is 17.9 Å². The minimum Gasteiger partial charge on any atom is -0.398 e. The van der Waals surface area contributed by atoms with Crippen LogP contribution in [0.25, 0.3) is 0 Å². The first kappa shape index (κ1) is 10.1. The summed E-state index contributed by atoms with van der Waals surface area (Å²) in [6.45, 7) is 1.78. The molecule has 0 unspecified atom stereocenters. The lowest BCUT2D eigenvalue weighted by Crippen LogP contribution is -1.93. The van der Waals surface area contributed by atoms with Crippen LogP contribution in [0.1, 0.15) is 17.5 Å². The maximum atomic E-state index is 13.2. The maximum absolute atomic E-state index is 13.2. The van der Waals surface area contributed by atoms with Crippen LogP contribution in [0.15, 0.2) is 12.1 Å². The van der Waals surface area contributed by atoms with E-state index in [-0.39, 0.29) is 12.0 Å². The molecular formula is C11H9FN2. The SMILES string of the molecule is Cc1cc(C#CCC#N)c(F)cc1N. The van der Waals surface area contributed by atoms with E-state index in [1.54, 1.807) is 13.0 Å². The van der Waals surface area contributed by atoms with Crippen LogP contribution in [0.2, 0.25) is 0 Å². The van der Waals surface area contributed by atoms with Gasteiger partial charge in [-0.2, -0.15) is 5.26 Å². The zero-order valence-corrected chi connectivity index (χ0v) is 7.76. The zero-order chi connectivity index (χ0) is 10.6. The molecule has 1 aromatic rings. The molecule has 0 aromatic heterocycles. The molecule has 0 aliphatic rings. The van der Waals surface area contributed by atoms with E-state index in [4.69, 9.17) is 11.0 Å². The van der Waals surface area contributed by atoms with Crippen LogP contribution < -0.4 is 5.73 Å².